The topological polar surface area (TPSA) is 32.8 Å². The van der Waals surface area contributed by atoms with Gasteiger partial charge in [0.2, 0.25) is 0 Å². The van der Waals surface area contributed by atoms with Crippen molar-refractivity contribution in [2.24, 2.45) is 5.41 Å². The fourth-order valence-electron chi connectivity index (χ4n) is 4.07. The molecule has 0 atom stereocenters. The van der Waals surface area contributed by atoms with E-state index in [0.717, 1.165) is 18.7 Å². The molecule has 0 unspecified atom stereocenters. The largest absolute Gasteiger partial charge is 0.465 e. The molecule has 3 rings (SSSR count). The van der Waals surface area contributed by atoms with Gasteiger partial charge >= 0.3 is 5.97 Å². The van der Waals surface area contributed by atoms with Crippen LogP contribution in [0.15, 0.2) is 42.5 Å². The Balaban J connectivity index is 1.90. The van der Waals surface area contributed by atoms with Crippen molar-refractivity contribution >= 4 is 29.0 Å². The second kappa shape index (κ2) is 7.70. The number of allylic oxidation sites excluding steroid dienone is 1. The first-order valence-corrected chi connectivity index (χ1v) is 9.63. The maximum atomic E-state index is 11.6. The maximum Gasteiger partial charge on any atom is 0.337 e. The molecule has 148 valence electrons. The highest BCUT2D eigenvalue weighted by atomic mass is 16.5. The number of rotatable bonds is 3. The second-order valence-electron chi connectivity index (χ2n) is 8.52. The molecular weight excluding hydrogens is 348 g/mol. The average Bonchev–Trinajstić information content (AvgIpc) is 2.74. The Labute approximate surface area is 168 Å². The zero-order valence-corrected chi connectivity index (χ0v) is 17.7. The van der Waals surface area contributed by atoms with Gasteiger partial charge in [-0.3, -0.25) is 0 Å². The minimum Gasteiger partial charge on any atom is -0.465 e. The Morgan fingerprint density at radius 2 is 1.54 bits per heavy atom. The molecule has 1 aliphatic heterocycles. The number of carbonyl (C=O) groups excluding carboxylic acids is 1. The SMILES string of the molecule is COC(=O)c1ccc(C=C(C)c2ccc3c(c2)N(C)CC(C)(C)CN3C)cc1. The van der Waals surface area contributed by atoms with Gasteiger partial charge < -0.3 is 14.5 Å². The highest BCUT2D eigenvalue weighted by Gasteiger charge is 2.28. The van der Waals surface area contributed by atoms with Crippen molar-refractivity contribution in [3.05, 3.63) is 59.2 Å². The maximum absolute atomic E-state index is 11.6. The lowest BCUT2D eigenvalue weighted by atomic mass is 9.93. The number of hydrogen-bond donors (Lipinski definition) is 0. The molecule has 4 heteroatoms. The molecule has 0 radical (unpaired) electrons. The normalized spacial score (nSPS) is 16.4. The van der Waals surface area contributed by atoms with Crippen molar-refractivity contribution in [3.8, 4) is 0 Å². The summed E-state index contributed by atoms with van der Waals surface area (Å²) in [6, 6.07) is 14.2. The smallest absolute Gasteiger partial charge is 0.337 e. The van der Waals surface area contributed by atoms with Crippen molar-refractivity contribution in [2.45, 2.75) is 20.8 Å². The van der Waals surface area contributed by atoms with Gasteiger partial charge in [-0.25, -0.2) is 4.79 Å². The molecular formula is C24H30N2O2. The van der Waals surface area contributed by atoms with Gasteiger partial charge in [0.1, 0.15) is 0 Å². The molecule has 2 aromatic rings. The zero-order valence-electron chi connectivity index (χ0n) is 17.7. The summed E-state index contributed by atoms with van der Waals surface area (Å²) < 4.78 is 4.76. The Kier molecular flexibility index (Phi) is 5.50. The van der Waals surface area contributed by atoms with Crippen LogP contribution >= 0.6 is 0 Å². The fraction of sp³-hybridized carbons (Fsp3) is 0.375. The number of fused-ring (bicyclic) bond motifs is 1. The van der Waals surface area contributed by atoms with E-state index < -0.39 is 0 Å². The van der Waals surface area contributed by atoms with Crippen LogP contribution in [-0.2, 0) is 4.74 Å². The highest BCUT2D eigenvalue weighted by Crippen LogP contribution is 2.37. The molecule has 0 saturated heterocycles. The van der Waals surface area contributed by atoms with E-state index in [4.69, 9.17) is 4.74 Å². The van der Waals surface area contributed by atoms with Crippen LogP contribution < -0.4 is 9.80 Å². The van der Waals surface area contributed by atoms with Crippen LogP contribution in [0.25, 0.3) is 11.6 Å². The molecule has 0 fully saturated rings. The standard InChI is InChI=1S/C24H30N2O2/c1-17(13-18-7-9-19(10-8-18)23(27)28-6)20-11-12-21-22(14-20)26(5)16-24(2,3)15-25(21)4/h7-14H,15-16H2,1-6H3. The molecule has 0 aromatic heterocycles. The molecule has 0 amide bonds. The molecule has 1 aliphatic rings. The second-order valence-corrected chi connectivity index (χ2v) is 8.52. The average molecular weight is 379 g/mol. The van der Waals surface area contributed by atoms with Gasteiger partial charge in [0.15, 0.2) is 0 Å². The van der Waals surface area contributed by atoms with E-state index in [1.54, 1.807) is 12.1 Å². The zero-order chi connectivity index (χ0) is 20.5. The summed E-state index contributed by atoms with van der Waals surface area (Å²) in [5, 5.41) is 0. The molecule has 0 N–H and O–H groups in total. The third kappa shape index (κ3) is 4.22. The van der Waals surface area contributed by atoms with E-state index in [2.05, 4.69) is 68.9 Å². The third-order valence-corrected chi connectivity index (χ3v) is 5.30. The van der Waals surface area contributed by atoms with Gasteiger partial charge in [-0.2, -0.15) is 0 Å². The number of methoxy groups -OCH3 is 1. The Morgan fingerprint density at radius 3 is 2.14 bits per heavy atom. The van der Waals surface area contributed by atoms with Crippen molar-refractivity contribution in [1.82, 2.24) is 0 Å². The number of esters is 1. The summed E-state index contributed by atoms with van der Waals surface area (Å²) in [4.78, 5) is 16.3. The van der Waals surface area contributed by atoms with E-state index in [1.807, 2.05) is 12.1 Å². The Morgan fingerprint density at radius 1 is 0.964 bits per heavy atom. The molecule has 4 nitrogen and oxygen atoms in total. The van der Waals surface area contributed by atoms with Crippen molar-refractivity contribution in [2.75, 3.05) is 44.1 Å². The van der Waals surface area contributed by atoms with Crippen molar-refractivity contribution in [1.29, 1.82) is 0 Å². The van der Waals surface area contributed by atoms with E-state index >= 15 is 0 Å². The van der Waals surface area contributed by atoms with Gasteiger partial charge in [0.05, 0.1) is 24.0 Å². The predicted octanol–water partition coefficient (Wildman–Crippen LogP) is 4.95. The number of ether oxygens (including phenoxy) is 1. The molecule has 0 spiro atoms. The number of carbonyl (C=O) groups is 1. The summed E-state index contributed by atoms with van der Waals surface area (Å²) in [5.74, 6) is -0.312. The Hall–Kier alpha value is -2.75. The van der Waals surface area contributed by atoms with E-state index in [0.29, 0.717) is 5.56 Å². The predicted molar refractivity (Wildman–Crippen MR) is 118 cm³/mol. The highest BCUT2D eigenvalue weighted by molar-refractivity contribution is 5.90. The lowest BCUT2D eigenvalue weighted by Gasteiger charge is -2.29. The Bertz CT molecular complexity index is 897. The molecule has 0 aliphatic carbocycles. The number of benzene rings is 2. The monoisotopic (exact) mass is 378 g/mol. The molecule has 2 aromatic carbocycles. The molecule has 28 heavy (non-hydrogen) atoms. The van der Waals surface area contributed by atoms with Gasteiger partial charge in [0.25, 0.3) is 0 Å². The minimum atomic E-state index is -0.312. The van der Waals surface area contributed by atoms with Crippen LogP contribution in [0.5, 0.6) is 0 Å². The van der Waals surface area contributed by atoms with Crippen LogP contribution in [0.1, 0.15) is 42.3 Å². The minimum absolute atomic E-state index is 0.231. The molecule has 0 saturated carbocycles. The van der Waals surface area contributed by atoms with E-state index in [9.17, 15) is 4.79 Å². The van der Waals surface area contributed by atoms with Crippen LogP contribution in [-0.4, -0.2) is 40.3 Å². The third-order valence-electron chi connectivity index (χ3n) is 5.30. The van der Waals surface area contributed by atoms with Gasteiger partial charge in [0, 0.05) is 27.2 Å². The molecule has 1 heterocycles. The molecule has 0 bridgehead atoms. The lowest BCUT2D eigenvalue weighted by molar-refractivity contribution is 0.0600. The van der Waals surface area contributed by atoms with Crippen molar-refractivity contribution in [3.63, 3.8) is 0 Å². The quantitative estimate of drug-likeness (QED) is 0.559. The van der Waals surface area contributed by atoms with E-state index in [-0.39, 0.29) is 11.4 Å². The fourth-order valence-corrected chi connectivity index (χ4v) is 4.07. The van der Waals surface area contributed by atoms with Gasteiger partial charge in [-0.1, -0.05) is 38.1 Å². The summed E-state index contributed by atoms with van der Waals surface area (Å²) in [6.07, 6.45) is 2.15. The van der Waals surface area contributed by atoms with Gasteiger partial charge in [-0.05, 0) is 53.3 Å². The van der Waals surface area contributed by atoms with Crippen LogP contribution in [0.2, 0.25) is 0 Å². The summed E-state index contributed by atoms with van der Waals surface area (Å²) in [6.45, 7) is 8.81. The van der Waals surface area contributed by atoms with Crippen LogP contribution in [0, 0.1) is 5.41 Å². The first kappa shape index (κ1) is 20.0. The number of hydrogen-bond acceptors (Lipinski definition) is 4. The summed E-state index contributed by atoms with van der Waals surface area (Å²) in [5.41, 5.74) is 6.78. The number of nitrogens with zero attached hydrogens (tertiary/aromatic N) is 2. The number of anilines is 2. The lowest BCUT2D eigenvalue weighted by Crippen LogP contribution is -2.36. The first-order chi connectivity index (χ1) is 13.2. The van der Waals surface area contributed by atoms with Gasteiger partial charge in [-0.15, -0.1) is 0 Å². The van der Waals surface area contributed by atoms with E-state index in [1.165, 1.54) is 29.6 Å². The first-order valence-electron chi connectivity index (χ1n) is 9.63. The summed E-state index contributed by atoms with van der Waals surface area (Å²) in [7, 11) is 5.74. The van der Waals surface area contributed by atoms with Crippen LogP contribution in [0.3, 0.4) is 0 Å². The van der Waals surface area contributed by atoms with Crippen LogP contribution in [0.4, 0.5) is 11.4 Å². The van der Waals surface area contributed by atoms with Crippen molar-refractivity contribution < 1.29 is 9.53 Å². The summed E-state index contributed by atoms with van der Waals surface area (Å²) >= 11 is 0.